The lowest BCUT2D eigenvalue weighted by Crippen LogP contribution is -1.98. The van der Waals surface area contributed by atoms with Gasteiger partial charge in [-0.1, -0.05) is 41.9 Å². The predicted octanol–water partition coefficient (Wildman–Crippen LogP) is 5.64. The van der Waals surface area contributed by atoms with E-state index in [1.165, 1.54) is 0 Å². The Morgan fingerprint density at radius 2 is 1.94 bits per heavy atom. The molecule has 1 heterocycles. The predicted molar refractivity (Wildman–Crippen MR) is 124 cm³/mol. The lowest BCUT2D eigenvalue weighted by molar-refractivity contribution is 0.0992. The molecule has 0 fully saturated rings. The van der Waals surface area contributed by atoms with Gasteiger partial charge in [-0.2, -0.15) is 5.26 Å². The summed E-state index contributed by atoms with van der Waals surface area (Å²) in [4.78, 5) is 19.3. The third kappa shape index (κ3) is 4.98. The number of carbonyl (C=O) groups is 1. The molecule has 0 atom stereocenters. The van der Waals surface area contributed by atoms with Crippen LogP contribution in [0.1, 0.15) is 32.6 Å². The molecule has 0 saturated carbocycles. The Balaban J connectivity index is 1.40. The summed E-state index contributed by atoms with van der Waals surface area (Å²) in [6.45, 7) is 0.404. The standard InChI is InChI=1S/C25H18ClN5O/c26-22-8-9-24-23(14-22)21(16-28-24)10-11-29-31-30-25(32)19-7-3-4-17(13-19)12-18-5-1-2-6-20(18)15-27/h1-9,13-14,16H,10-12H2/p+1. The number of hydrogen-bond acceptors (Lipinski definition) is 3. The Morgan fingerprint density at radius 3 is 2.81 bits per heavy atom. The zero-order chi connectivity index (χ0) is 22.3. The fourth-order valence-corrected chi connectivity index (χ4v) is 3.69. The van der Waals surface area contributed by atoms with Crippen LogP contribution in [0.25, 0.3) is 10.9 Å². The van der Waals surface area contributed by atoms with Crippen LogP contribution in [0.4, 0.5) is 0 Å². The molecular formula is C25H19ClN5O+. The van der Waals surface area contributed by atoms with Gasteiger partial charge < -0.3 is 4.98 Å². The zero-order valence-electron chi connectivity index (χ0n) is 17.1. The summed E-state index contributed by atoms with van der Waals surface area (Å²) in [6.07, 6.45) is 3.14. The molecule has 32 heavy (non-hydrogen) atoms. The number of aromatic nitrogens is 1. The van der Waals surface area contributed by atoms with Crippen LogP contribution in [0.15, 0.2) is 83.2 Å². The Kier molecular flexibility index (Phi) is 6.52. The summed E-state index contributed by atoms with van der Waals surface area (Å²) in [5.74, 6) is -0.456. The number of amides is 1. The van der Waals surface area contributed by atoms with Crippen LogP contribution in [0.2, 0.25) is 5.02 Å². The molecule has 1 aromatic heterocycles. The first-order valence-corrected chi connectivity index (χ1v) is 10.5. The van der Waals surface area contributed by atoms with E-state index in [1.807, 2.05) is 48.7 Å². The van der Waals surface area contributed by atoms with E-state index in [0.717, 1.165) is 27.6 Å². The Bertz CT molecular complexity index is 1390. The van der Waals surface area contributed by atoms with E-state index in [9.17, 15) is 10.1 Å². The van der Waals surface area contributed by atoms with Crippen molar-refractivity contribution in [2.75, 3.05) is 6.54 Å². The van der Waals surface area contributed by atoms with Crippen molar-refractivity contribution >= 4 is 28.4 Å². The summed E-state index contributed by atoms with van der Waals surface area (Å²) >= 11 is 6.07. The van der Waals surface area contributed by atoms with Crippen LogP contribution >= 0.6 is 11.6 Å². The molecule has 3 aromatic carbocycles. The molecule has 0 aliphatic carbocycles. The smallest absolute Gasteiger partial charge is 0.360 e. The molecule has 1 N–H and O–H groups in total. The van der Waals surface area contributed by atoms with Gasteiger partial charge in [-0.25, -0.2) is 0 Å². The topological polar surface area (TPSA) is 95.5 Å². The van der Waals surface area contributed by atoms with Crippen LogP contribution in [0.3, 0.4) is 0 Å². The molecule has 0 aliphatic rings. The van der Waals surface area contributed by atoms with E-state index in [1.54, 1.807) is 24.3 Å². The number of H-pyrrole nitrogens is 1. The van der Waals surface area contributed by atoms with Gasteiger partial charge in [0.25, 0.3) is 0 Å². The summed E-state index contributed by atoms with van der Waals surface area (Å²) in [5.41, 5.74) is 4.98. The first-order valence-electron chi connectivity index (χ1n) is 10.1. The number of carbonyl (C=O) groups excluding carboxylic acids is 1. The number of nitriles is 1. The second kappa shape index (κ2) is 9.84. The fourth-order valence-electron chi connectivity index (χ4n) is 3.52. The van der Waals surface area contributed by atoms with E-state index in [0.29, 0.717) is 35.5 Å². The number of nitrogens with one attached hydrogen (secondary N) is 1. The van der Waals surface area contributed by atoms with Gasteiger partial charge in [0.15, 0.2) is 0 Å². The van der Waals surface area contributed by atoms with Gasteiger partial charge in [-0.05, 0) is 59.5 Å². The average molecular weight is 441 g/mol. The highest BCUT2D eigenvalue weighted by Crippen LogP contribution is 2.22. The van der Waals surface area contributed by atoms with Crippen molar-refractivity contribution in [1.82, 2.24) is 9.90 Å². The first-order chi connectivity index (χ1) is 15.6. The van der Waals surface area contributed by atoms with Crippen LogP contribution in [0, 0.1) is 11.3 Å². The fraction of sp³-hybridized carbons (Fsp3) is 0.120. The molecule has 0 saturated heterocycles. The van der Waals surface area contributed by atoms with Crippen molar-refractivity contribution in [2.24, 2.45) is 10.2 Å². The minimum atomic E-state index is -0.456. The first kappa shape index (κ1) is 21.2. The van der Waals surface area contributed by atoms with Crippen LogP contribution in [-0.2, 0) is 12.8 Å². The van der Waals surface area contributed by atoms with Crippen molar-refractivity contribution in [3.8, 4) is 6.07 Å². The summed E-state index contributed by atoms with van der Waals surface area (Å²) in [6, 6.07) is 22.5. The van der Waals surface area contributed by atoms with Gasteiger partial charge in [-0.3, -0.25) is 4.79 Å². The van der Waals surface area contributed by atoms with Gasteiger partial charge in [-0.15, -0.1) is 0 Å². The van der Waals surface area contributed by atoms with Crippen molar-refractivity contribution < 1.29 is 4.79 Å². The van der Waals surface area contributed by atoms with E-state index >= 15 is 0 Å². The largest absolute Gasteiger partial charge is 0.361 e. The maximum Gasteiger partial charge on any atom is 0.360 e. The number of nitrogens with zero attached hydrogens (tertiary/aromatic N) is 4. The second-order valence-electron chi connectivity index (χ2n) is 7.26. The third-order valence-electron chi connectivity index (χ3n) is 5.12. The Morgan fingerprint density at radius 1 is 1.06 bits per heavy atom. The van der Waals surface area contributed by atoms with Crippen molar-refractivity contribution in [3.63, 3.8) is 0 Å². The molecule has 0 spiro atoms. The summed E-state index contributed by atoms with van der Waals surface area (Å²) in [7, 11) is 0. The molecule has 4 aromatic rings. The number of fused-ring (bicyclic) bond motifs is 1. The lowest BCUT2D eigenvalue weighted by Gasteiger charge is -2.04. The summed E-state index contributed by atoms with van der Waals surface area (Å²) < 4.78 is 0. The van der Waals surface area contributed by atoms with Gasteiger partial charge in [0, 0.05) is 34.1 Å². The molecule has 7 heteroatoms. The number of aromatic amines is 1. The monoisotopic (exact) mass is 440 g/mol. The van der Waals surface area contributed by atoms with Gasteiger partial charge >= 0.3 is 5.91 Å². The average Bonchev–Trinajstić information content (AvgIpc) is 3.21. The van der Waals surface area contributed by atoms with Crippen LogP contribution < -0.4 is 4.91 Å². The SMILES string of the molecule is N#Cc1ccccc1Cc1cccc(C(=O)N=[N+]=NCCc2c[nH]c3ccc(Cl)cc23)c1. The molecule has 156 valence electrons. The lowest BCUT2D eigenvalue weighted by atomic mass is 9.99. The van der Waals surface area contributed by atoms with Crippen molar-refractivity contribution in [1.29, 1.82) is 5.26 Å². The van der Waals surface area contributed by atoms with Crippen LogP contribution in [0.5, 0.6) is 0 Å². The minimum absolute atomic E-state index is 0.404. The maximum absolute atomic E-state index is 12.4. The summed E-state index contributed by atoms with van der Waals surface area (Å²) in [5, 5.41) is 18.7. The quantitative estimate of drug-likeness (QED) is 0.310. The van der Waals surface area contributed by atoms with Crippen LogP contribution in [-0.4, -0.2) is 17.4 Å². The molecule has 0 radical (unpaired) electrons. The minimum Gasteiger partial charge on any atom is -0.361 e. The highest BCUT2D eigenvalue weighted by atomic mass is 35.5. The molecule has 0 aliphatic heterocycles. The molecule has 0 unspecified atom stereocenters. The Labute approximate surface area is 189 Å². The Hall–Kier alpha value is -4.04. The highest BCUT2D eigenvalue weighted by Gasteiger charge is 2.11. The molecule has 4 rings (SSSR count). The normalized spacial score (nSPS) is 10.4. The van der Waals surface area contributed by atoms with E-state index in [-0.39, 0.29) is 0 Å². The second-order valence-corrected chi connectivity index (χ2v) is 7.70. The van der Waals surface area contributed by atoms with Crippen molar-refractivity contribution in [2.45, 2.75) is 12.8 Å². The molecule has 0 bridgehead atoms. The van der Waals surface area contributed by atoms with E-state index in [4.69, 9.17) is 11.6 Å². The third-order valence-corrected chi connectivity index (χ3v) is 5.35. The van der Waals surface area contributed by atoms with Crippen molar-refractivity contribution in [3.05, 3.63) is 106 Å². The van der Waals surface area contributed by atoms with Gasteiger partial charge in [0.1, 0.15) is 11.7 Å². The molecule has 6 nitrogen and oxygen atoms in total. The number of hydrogen-bond donors (Lipinski definition) is 1. The molecular weight excluding hydrogens is 422 g/mol. The van der Waals surface area contributed by atoms with Gasteiger partial charge in [0.05, 0.1) is 11.6 Å². The molecule has 1 amide bonds. The zero-order valence-corrected chi connectivity index (χ0v) is 17.9. The van der Waals surface area contributed by atoms with E-state index < -0.39 is 5.91 Å². The number of benzene rings is 3. The van der Waals surface area contributed by atoms with E-state index in [2.05, 4.69) is 26.2 Å². The van der Waals surface area contributed by atoms with Gasteiger partial charge in [0.2, 0.25) is 10.0 Å². The number of rotatable bonds is 6. The maximum atomic E-state index is 12.4. The highest BCUT2D eigenvalue weighted by molar-refractivity contribution is 6.31. The number of halogens is 1.